The molecular weight excluding hydrogens is 310 g/mol. The molecule has 1 N–H and O–H groups in total. The minimum Gasteiger partial charge on any atom is -0.491 e. The number of hydrogen-bond donors (Lipinski definition) is 1. The molecule has 4 nitrogen and oxygen atoms in total. The summed E-state index contributed by atoms with van der Waals surface area (Å²) >= 11 is 1.44. The molecule has 1 aromatic heterocycles. The number of anilines is 1. The smallest absolute Gasteiger partial charge is 0.224 e. The summed E-state index contributed by atoms with van der Waals surface area (Å²) in [5, 5.41) is 4.74. The first-order valence-electron chi connectivity index (χ1n) is 7.79. The zero-order valence-electron chi connectivity index (χ0n) is 13.2. The van der Waals surface area contributed by atoms with Crippen LogP contribution in [0.1, 0.15) is 42.3 Å². The molecule has 122 valence electrons. The number of thiophene rings is 1. The van der Waals surface area contributed by atoms with Gasteiger partial charge in [0.1, 0.15) is 5.75 Å². The van der Waals surface area contributed by atoms with Crippen molar-refractivity contribution < 1.29 is 14.3 Å². The third-order valence-corrected chi connectivity index (χ3v) is 4.14. The van der Waals surface area contributed by atoms with Gasteiger partial charge in [0.15, 0.2) is 5.78 Å². The van der Waals surface area contributed by atoms with Crippen molar-refractivity contribution in [2.24, 2.45) is 0 Å². The number of carbonyl (C=O) groups is 2. The molecule has 0 bridgehead atoms. The lowest BCUT2D eigenvalue weighted by Gasteiger charge is -2.11. The Morgan fingerprint density at radius 1 is 1.13 bits per heavy atom. The van der Waals surface area contributed by atoms with E-state index in [4.69, 9.17) is 4.74 Å². The number of Topliss-reactive ketones (excluding diaryl/α,β-unsaturated/α-hetero) is 1. The molecule has 23 heavy (non-hydrogen) atoms. The number of ketones is 1. The van der Waals surface area contributed by atoms with E-state index in [1.165, 1.54) is 11.3 Å². The fraction of sp³-hybridized carbons (Fsp3) is 0.333. The molecule has 0 aliphatic rings. The Labute approximate surface area is 140 Å². The fourth-order valence-electron chi connectivity index (χ4n) is 2.09. The number of para-hydroxylation sites is 2. The molecule has 0 unspecified atom stereocenters. The molecule has 0 atom stereocenters. The summed E-state index contributed by atoms with van der Waals surface area (Å²) in [6.45, 7) is 2.65. The summed E-state index contributed by atoms with van der Waals surface area (Å²) in [6.07, 6.45) is 2.16. The second kappa shape index (κ2) is 9.10. The van der Waals surface area contributed by atoms with Crippen LogP contribution in [0.25, 0.3) is 0 Å². The first-order valence-corrected chi connectivity index (χ1v) is 8.67. The standard InChI is InChI=1S/C18H21NO3S/c1-2-12-22-16-9-4-3-7-14(16)19-18(21)11-5-8-15(20)17-10-6-13-23-17/h3-4,6-7,9-10,13H,2,5,8,11-12H2,1H3,(H,19,21). The van der Waals surface area contributed by atoms with Gasteiger partial charge in [-0.05, 0) is 36.4 Å². The monoisotopic (exact) mass is 331 g/mol. The average molecular weight is 331 g/mol. The van der Waals surface area contributed by atoms with Gasteiger partial charge in [-0.3, -0.25) is 9.59 Å². The Kier molecular flexibility index (Phi) is 6.81. The van der Waals surface area contributed by atoms with Gasteiger partial charge in [-0.25, -0.2) is 0 Å². The number of carbonyl (C=O) groups excluding carboxylic acids is 2. The van der Waals surface area contributed by atoms with Gasteiger partial charge in [0.25, 0.3) is 0 Å². The first-order chi connectivity index (χ1) is 11.2. The second-order valence-corrected chi connectivity index (χ2v) is 6.09. The Balaban J connectivity index is 1.79. The first kappa shape index (κ1) is 17.2. The molecule has 0 spiro atoms. The molecule has 0 saturated heterocycles. The molecule has 2 rings (SSSR count). The Morgan fingerprint density at radius 3 is 2.70 bits per heavy atom. The van der Waals surface area contributed by atoms with Crippen LogP contribution in [0.3, 0.4) is 0 Å². The van der Waals surface area contributed by atoms with E-state index in [0.29, 0.717) is 37.3 Å². The normalized spacial score (nSPS) is 10.3. The summed E-state index contributed by atoms with van der Waals surface area (Å²) in [6, 6.07) is 11.1. The molecule has 0 aliphatic carbocycles. The van der Waals surface area contributed by atoms with Crippen LogP contribution in [-0.2, 0) is 4.79 Å². The molecule has 0 saturated carbocycles. The van der Waals surface area contributed by atoms with E-state index < -0.39 is 0 Å². The van der Waals surface area contributed by atoms with E-state index in [2.05, 4.69) is 5.32 Å². The highest BCUT2D eigenvalue weighted by Gasteiger charge is 2.10. The van der Waals surface area contributed by atoms with E-state index >= 15 is 0 Å². The molecule has 5 heteroatoms. The molecular formula is C18H21NO3S. The van der Waals surface area contributed by atoms with E-state index in [0.717, 1.165) is 11.3 Å². The van der Waals surface area contributed by atoms with Crippen LogP contribution >= 0.6 is 11.3 Å². The number of nitrogens with one attached hydrogen (secondary N) is 1. The van der Waals surface area contributed by atoms with Crippen molar-refractivity contribution in [1.29, 1.82) is 0 Å². The molecule has 1 aromatic carbocycles. The van der Waals surface area contributed by atoms with Gasteiger partial charge in [0.05, 0.1) is 17.2 Å². The average Bonchev–Trinajstić information content (AvgIpc) is 3.08. The lowest BCUT2D eigenvalue weighted by atomic mass is 10.1. The highest BCUT2D eigenvalue weighted by molar-refractivity contribution is 7.12. The molecule has 0 fully saturated rings. The maximum absolute atomic E-state index is 12.0. The van der Waals surface area contributed by atoms with E-state index in [-0.39, 0.29) is 11.7 Å². The van der Waals surface area contributed by atoms with Gasteiger partial charge in [0, 0.05) is 12.8 Å². The van der Waals surface area contributed by atoms with Crippen LogP contribution in [0.4, 0.5) is 5.69 Å². The van der Waals surface area contributed by atoms with Crippen LogP contribution in [0.2, 0.25) is 0 Å². The quantitative estimate of drug-likeness (QED) is 0.687. The molecule has 1 amide bonds. The maximum Gasteiger partial charge on any atom is 0.224 e. The largest absolute Gasteiger partial charge is 0.491 e. The third-order valence-electron chi connectivity index (χ3n) is 3.23. The summed E-state index contributed by atoms with van der Waals surface area (Å²) in [5.41, 5.74) is 0.676. The third kappa shape index (κ3) is 5.53. The van der Waals surface area contributed by atoms with Gasteiger partial charge < -0.3 is 10.1 Å². The predicted molar refractivity (Wildman–Crippen MR) is 93.4 cm³/mol. The van der Waals surface area contributed by atoms with Gasteiger partial charge >= 0.3 is 0 Å². The summed E-state index contributed by atoms with van der Waals surface area (Å²) in [5.74, 6) is 0.674. The van der Waals surface area contributed by atoms with E-state index in [1.807, 2.05) is 48.7 Å². The zero-order chi connectivity index (χ0) is 16.5. The van der Waals surface area contributed by atoms with Gasteiger partial charge in [-0.15, -0.1) is 11.3 Å². The van der Waals surface area contributed by atoms with Crippen molar-refractivity contribution in [3.8, 4) is 5.75 Å². The highest BCUT2D eigenvalue weighted by Crippen LogP contribution is 2.24. The Bertz CT molecular complexity index is 637. The van der Waals surface area contributed by atoms with Gasteiger partial charge in [-0.2, -0.15) is 0 Å². The number of ether oxygens (including phenoxy) is 1. The summed E-state index contributed by atoms with van der Waals surface area (Å²) < 4.78 is 5.61. The van der Waals surface area contributed by atoms with E-state index in [9.17, 15) is 9.59 Å². The van der Waals surface area contributed by atoms with Crippen molar-refractivity contribution in [1.82, 2.24) is 0 Å². The molecule has 0 aliphatic heterocycles. The Hall–Kier alpha value is -2.14. The molecule has 0 radical (unpaired) electrons. The van der Waals surface area contributed by atoms with Crippen LogP contribution in [0, 0.1) is 0 Å². The van der Waals surface area contributed by atoms with Crippen molar-refractivity contribution in [2.75, 3.05) is 11.9 Å². The van der Waals surface area contributed by atoms with Crippen molar-refractivity contribution >= 4 is 28.7 Å². The lowest BCUT2D eigenvalue weighted by Crippen LogP contribution is -2.13. The minimum atomic E-state index is -0.100. The van der Waals surface area contributed by atoms with E-state index in [1.54, 1.807) is 0 Å². The number of benzene rings is 1. The van der Waals surface area contributed by atoms with Crippen molar-refractivity contribution in [3.63, 3.8) is 0 Å². The number of rotatable bonds is 9. The van der Waals surface area contributed by atoms with Gasteiger partial charge in [0.2, 0.25) is 5.91 Å². The number of hydrogen-bond acceptors (Lipinski definition) is 4. The molecule has 1 heterocycles. The van der Waals surface area contributed by atoms with Gasteiger partial charge in [-0.1, -0.05) is 25.1 Å². The lowest BCUT2D eigenvalue weighted by molar-refractivity contribution is -0.116. The summed E-state index contributed by atoms with van der Waals surface area (Å²) in [7, 11) is 0. The highest BCUT2D eigenvalue weighted by atomic mass is 32.1. The second-order valence-electron chi connectivity index (χ2n) is 5.15. The van der Waals surface area contributed by atoms with Crippen LogP contribution < -0.4 is 10.1 Å². The van der Waals surface area contributed by atoms with Crippen molar-refractivity contribution in [2.45, 2.75) is 32.6 Å². The predicted octanol–water partition coefficient (Wildman–Crippen LogP) is 4.53. The maximum atomic E-state index is 12.0. The van der Waals surface area contributed by atoms with Crippen LogP contribution in [-0.4, -0.2) is 18.3 Å². The fourth-order valence-corrected chi connectivity index (χ4v) is 2.78. The van der Waals surface area contributed by atoms with Crippen molar-refractivity contribution in [3.05, 3.63) is 46.7 Å². The topological polar surface area (TPSA) is 55.4 Å². The Morgan fingerprint density at radius 2 is 1.96 bits per heavy atom. The SMILES string of the molecule is CCCOc1ccccc1NC(=O)CCCC(=O)c1cccs1. The number of amides is 1. The van der Waals surface area contributed by atoms with Crippen LogP contribution in [0.15, 0.2) is 41.8 Å². The minimum absolute atomic E-state index is 0.0967. The molecule has 2 aromatic rings. The van der Waals surface area contributed by atoms with Crippen LogP contribution in [0.5, 0.6) is 5.75 Å². The zero-order valence-corrected chi connectivity index (χ0v) is 14.0. The summed E-state index contributed by atoms with van der Waals surface area (Å²) in [4.78, 5) is 24.7.